The van der Waals surface area contributed by atoms with E-state index in [1.165, 1.54) is 6.07 Å². The summed E-state index contributed by atoms with van der Waals surface area (Å²) in [5, 5.41) is 0.155. The van der Waals surface area contributed by atoms with Crippen molar-refractivity contribution in [2.75, 3.05) is 0 Å². The van der Waals surface area contributed by atoms with Crippen LogP contribution in [0.3, 0.4) is 0 Å². The Bertz CT molecular complexity index is 617. The standard InChI is InChI=1S/C8H6BFN2O2/c9-5-2-3(10)1-4-6(5)11-8(14)12-7(4)13/h1-2H,9H2,(H2,11,12,13,14). The third kappa shape index (κ3) is 1.24. The van der Waals surface area contributed by atoms with Gasteiger partial charge in [-0.15, -0.1) is 0 Å². The molecule has 0 bridgehead atoms. The van der Waals surface area contributed by atoms with Crippen LogP contribution < -0.4 is 16.7 Å². The number of rotatable bonds is 0. The van der Waals surface area contributed by atoms with Gasteiger partial charge in [0.25, 0.3) is 5.56 Å². The highest BCUT2D eigenvalue weighted by molar-refractivity contribution is 6.38. The Morgan fingerprint density at radius 3 is 2.64 bits per heavy atom. The van der Waals surface area contributed by atoms with Gasteiger partial charge in [0.05, 0.1) is 5.39 Å². The first-order valence-electron chi connectivity index (χ1n) is 4.00. The number of fused-ring (bicyclic) bond motifs is 1. The lowest BCUT2D eigenvalue weighted by molar-refractivity contribution is 0.630. The Kier molecular flexibility index (Phi) is 1.77. The molecule has 0 saturated heterocycles. The van der Waals surface area contributed by atoms with Crippen molar-refractivity contribution in [2.45, 2.75) is 0 Å². The Morgan fingerprint density at radius 1 is 1.21 bits per heavy atom. The zero-order valence-electron chi connectivity index (χ0n) is 7.35. The van der Waals surface area contributed by atoms with Crippen LogP contribution in [0, 0.1) is 5.82 Å². The predicted octanol–water partition coefficient (Wildman–Crippen LogP) is -1.39. The third-order valence-corrected chi connectivity index (χ3v) is 2.01. The Hall–Kier alpha value is -1.85. The summed E-state index contributed by atoms with van der Waals surface area (Å²) in [6.07, 6.45) is 0. The number of benzene rings is 1. The molecule has 1 aromatic carbocycles. The Labute approximate surface area is 78.2 Å². The van der Waals surface area contributed by atoms with Crippen LogP contribution in [-0.2, 0) is 0 Å². The maximum Gasteiger partial charge on any atom is 0.326 e. The second-order valence-corrected chi connectivity index (χ2v) is 3.05. The molecule has 0 saturated carbocycles. The lowest BCUT2D eigenvalue weighted by Gasteiger charge is -2.00. The van der Waals surface area contributed by atoms with E-state index in [4.69, 9.17) is 0 Å². The molecular weight excluding hydrogens is 186 g/mol. The topological polar surface area (TPSA) is 65.7 Å². The van der Waals surface area contributed by atoms with E-state index in [0.29, 0.717) is 11.0 Å². The SMILES string of the molecule is Bc1cc(F)cc2c(=O)[nH]c(=O)[nH]c12. The second kappa shape index (κ2) is 2.83. The fourth-order valence-corrected chi connectivity index (χ4v) is 1.40. The van der Waals surface area contributed by atoms with Crippen LogP contribution >= 0.6 is 0 Å². The van der Waals surface area contributed by atoms with Gasteiger partial charge in [-0.05, 0) is 12.1 Å². The van der Waals surface area contributed by atoms with Gasteiger partial charge >= 0.3 is 5.69 Å². The minimum atomic E-state index is -0.586. The molecule has 0 fully saturated rings. The molecule has 4 nitrogen and oxygen atoms in total. The maximum absolute atomic E-state index is 12.9. The fourth-order valence-electron chi connectivity index (χ4n) is 1.40. The van der Waals surface area contributed by atoms with E-state index in [1.54, 1.807) is 7.85 Å². The van der Waals surface area contributed by atoms with Crippen molar-refractivity contribution in [3.8, 4) is 0 Å². The molecule has 14 heavy (non-hydrogen) atoms. The van der Waals surface area contributed by atoms with Gasteiger partial charge in [-0.25, -0.2) is 9.18 Å². The summed E-state index contributed by atoms with van der Waals surface area (Å²) in [6.45, 7) is 0. The number of H-pyrrole nitrogens is 2. The number of hydrogen-bond acceptors (Lipinski definition) is 2. The van der Waals surface area contributed by atoms with E-state index in [1.807, 2.05) is 4.98 Å². The molecule has 1 heterocycles. The van der Waals surface area contributed by atoms with E-state index in [9.17, 15) is 14.0 Å². The van der Waals surface area contributed by atoms with Crippen LogP contribution in [-0.4, -0.2) is 17.8 Å². The lowest BCUT2D eigenvalue weighted by Crippen LogP contribution is -2.25. The highest BCUT2D eigenvalue weighted by Crippen LogP contribution is 2.03. The molecule has 0 radical (unpaired) electrons. The van der Waals surface area contributed by atoms with Crippen molar-refractivity contribution >= 4 is 24.2 Å². The van der Waals surface area contributed by atoms with Gasteiger partial charge in [-0.2, -0.15) is 0 Å². The summed E-state index contributed by atoms with van der Waals surface area (Å²) in [5.74, 6) is -0.493. The molecule has 2 rings (SSSR count). The lowest BCUT2D eigenvalue weighted by atomic mass is 9.93. The van der Waals surface area contributed by atoms with Gasteiger partial charge in [0.15, 0.2) is 0 Å². The number of nitrogens with one attached hydrogen (secondary N) is 2. The zero-order chi connectivity index (χ0) is 10.3. The summed E-state index contributed by atoms with van der Waals surface area (Å²) in [7, 11) is 1.63. The monoisotopic (exact) mass is 192 g/mol. The van der Waals surface area contributed by atoms with E-state index in [-0.39, 0.29) is 5.39 Å². The van der Waals surface area contributed by atoms with Crippen LogP contribution in [0.25, 0.3) is 10.9 Å². The molecule has 6 heteroatoms. The quantitative estimate of drug-likeness (QED) is 0.505. The molecule has 1 aromatic heterocycles. The predicted molar refractivity (Wildman–Crippen MR) is 53.3 cm³/mol. The smallest absolute Gasteiger partial charge is 0.307 e. The van der Waals surface area contributed by atoms with Crippen molar-refractivity contribution in [2.24, 2.45) is 0 Å². The third-order valence-electron chi connectivity index (χ3n) is 2.01. The largest absolute Gasteiger partial charge is 0.326 e. The van der Waals surface area contributed by atoms with Gasteiger partial charge < -0.3 is 4.98 Å². The van der Waals surface area contributed by atoms with Crippen LogP contribution in [0.1, 0.15) is 0 Å². The molecule has 0 amide bonds. The van der Waals surface area contributed by atoms with Crippen molar-refractivity contribution in [3.05, 3.63) is 38.8 Å². The average molecular weight is 192 g/mol. The number of hydrogen-bond donors (Lipinski definition) is 2. The molecular formula is C8H6BFN2O2. The summed E-state index contributed by atoms with van der Waals surface area (Å²) in [4.78, 5) is 26.7. The van der Waals surface area contributed by atoms with Crippen molar-refractivity contribution in [1.29, 1.82) is 0 Å². The van der Waals surface area contributed by atoms with Gasteiger partial charge in [-0.1, -0.05) is 5.46 Å². The summed E-state index contributed by atoms with van der Waals surface area (Å²) >= 11 is 0. The van der Waals surface area contributed by atoms with Crippen molar-refractivity contribution in [1.82, 2.24) is 9.97 Å². The number of aromatic nitrogens is 2. The Balaban J connectivity index is 3.10. The van der Waals surface area contributed by atoms with Crippen LogP contribution in [0.2, 0.25) is 0 Å². The molecule has 2 N–H and O–H groups in total. The van der Waals surface area contributed by atoms with E-state index in [2.05, 4.69) is 4.98 Å². The van der Waals surface area contributed by atoms with Gasteiger partial charge in [0.2, 0.25) is 0 Å². The summed E-state index contributed by atoms with van der Waals surface area (Å²) in [6, 6.07) is 2.36. The second-order valence-electron chi connectivity index (χ2n) is 3.05. The minimum absolute atomic E-state index is 0.155. The van der Waals surface area contributed by atoms with E-state index in [0.717, 1.165) is 6.07 Å². The normalized spacial score (nSPS) is 10.6. The summed E-state index contributed by atoms with van der Waals surface area (Å²) in [5.41, 5.74) is -0.257. The molecule has 70 valence electrons. The molecule has 0 aliphatic heterocycles. The first-order chi connectivity index (χ1) is 6.58. The molecule has 0 aliphatic carbocycles. The minimum Gasteiger partial charge on any atom is -0.307 e. The number of aromatic amines is 2. The average Bonchev–Trinajstić information content (AvgIpc) is 2.07. The maximum atomic E-state index is 12.9. The van der Waals surface area contributed by atoms with E-state index < -0.39 is 17.1 Å². The summed E-state index contributed by atoms with van der Waals surface area (Å²) < 4.78 is 12.9. The molecule has 0 unspecified atom stereocenters. The van der Waals surface area contributed by atoms with Crippen LogP contribution in [0.5, 0.6) is 0 Å². The van der Waals surface area contributed by atoms with Crippen LogP contribution in [0.15, 0.2) is 21.7 Å². The number of halogens is 1. The molecule has 0 aliphatic rings. The van der Waals surface area contributed by atoms with Gasteiger partial charge in [0, 0.05) is 5.52 Å². The highest BCUT2D eigenvalue weighted by atomic mass is 19.1. The first kappa shape index (κ1) is 8.74. The van der Waals surface area contributed by atoms with Gasteiger partial charge in [0.1, 0.15) is 13.7 Å². The van der Waals surface area contributed by atoms with Gasteiger partial charge in [-0.3, -0.25) is 9.78 Å². The highest BCUT2D eigenvalue weighted by Gasteiger charge is 2.04. The first-order valence-corrected chi connectivity index (χ1v) is 4.00. The molecule has 2 aromatic rings. The zero-order valence-corrected chi connectivity index (χ0v) is 7.35. The molecule has 0 atom stereocenters. The van der Waals surface area contributed by atoms with Crippen molar-refractivity contribution < 1.29 is 4.39 Å². The fraction of sp³-hybridized carbons (Fsp3) is 0. The van der Waals surface area contributed by atoms with E-state index >= 15 is 0 Å². The van der Waals surface area contributed by atoms with Crippen molar-refractivity contribution in [3.63, 3.8) is 0 Å². The molecule has 0 spiro atoms. The van der Waals surface area contributed by atoms with Crippen LogP contribution in [0.4, 0.5) is 4.39 Å². The Morgan fingerprint density at radius 2 is 1.93 bits per heavy atom.